The number of fused-ring (bicyclic) bond motifs is 3. The molecule has 2 saturated heterocycles. The number of aliphatic carboxylic acids is 1. The van der Waals surface area contributed by atoms with Gasteiger partial charge in [0.2, 0.25) is 11.8 Å². The first kappa shape index (κ1) is 29.1. The number of benzene rings is 1. The second-order valence-electron chi connectivity index (χ2n) is 11.2. The standard InChI is InChI=1S/C30H40BNO7/c1-3-7-20(17-21-9-12-22(33)13-10-21)11-14-25-27-19(2)16-23-28(24(27)18-31(38)39-25)30(37)32(29(23)36)15-6-4-5-8-26(34)35/h9-10,12-13,17,23-25,28,33,38H,3-8,11,14-16,18H2,1-2H3,(H,34,35)/b20-17+/t23-,24+,25-,28-/m1/s1. The number of phenolic OH excluding ortho intramolecular Hbond substituents is 1. The molecule has 4 rings (SSSR count). The van der Waals surface area contributed by atoms with Crippen LogP contribution < -0.4 is 0 Å². The van der Waals surface area contributed by atoms with Crippen molar-refractivity contribution in [2.75, 3.05) is 6.54 Å². The van der Waals surface area contributed by atoms with Crippen LogP contribution in [0.2, 0.25) is 6.32 Å². The summed E-state index contributed by atoms with van der Waals surface area (Å²) in [6.45, 7) is 4.48. The number of amides is 2. The molecule has 4 atom stereocenters. The first-order chi connectivity index (χ1) is 18.7. The first-order valence-electron chi connectivity index (χ1n) is 14.3. The molecule has 9 heteroatoms. The molecule has 39 heavy (non-hydrogen) atoms. The molecule has 1 aromatic carbocycles. The van der Waals surface area contributed by atoms with Crippen molar-refractivity contribution in [3.63, 3.8) is 0 Å². The second kappa shape index (κ2) is 13.0. The average molecular weight is 537 g/mol. The number of allylic oxidation sites excluding steroid dienone is 2. The summed E-state index contributed by atoms with van der Waals surface area (Å²) in [5.41, 5.74) is 4.44. The van der Waals surface area contributed by atoms with Crippen LogP contribution in [0.15, 0.2) is 41.0 Å². The fourth-order valence-corrected chi connectivity index (χ4v) is 6.64. The number of carboxylic acids is 1. The van der Waals surface area contributed by atoms with Crippen LogP contribution in [0.3, 0.4) is 0 Å². The van der Waals surface area contributed by atoms with E-state index in [1.807, 2.05) is 19.1 Å². The van der Waals surface area contributed by atoms with Gasteiger partial charge in [0.1, 0.15) is 5.75 Å². The smallest absolute Gasteiger partial charge is 0.455 e. The monoisotopic (exact) mass is 537 g/mol. The number of hydrogen-bond acceptors (Lipinski definition) is 6. The summed E-state index contributed by atoms with van der Waals surface area (Å²) in [5.74, 6) is -2.00. The number of nitrogens with zero attached hydrogens (tertiary/aromatic N) is 1. The van der Waals surface area contributed by atoms with E-state index < -0.39 is 24.9 Å². The SMILES string of the molecule is CCC/C(=C\c1ccc(O)cc1)CC[C@H]1OB(O)C[C@H]2C1=C(C)C[C@H]1C(=O)N(CCCCCC(=O)O)C(=O)[C@H]12. The highest BCUT2D eigenvalue weighted by Crippen LogP contribution is 2.50. The van der Waals surface area contributed by atoms with E-state index in [0.717, 1.165) is 36.0 Å². The Morgan fingerprint density at radius 3 is 2.51 bits per heavy atom. The van der Waals surface area contributed by atoms with Gasteiger partial charge in [0, 0.05) is 13.0 Å². The topological polar surface area (TPSA) is 124 Å². The molecule has 3 aliphatic rings. The van der Waals surface area contributed by atoms with E-state index >= 15 is 0 Å². The number of carbonyl (C=O) groups is 3. The third-order valence-electron chi connectivity index (χ3n) is 8.38. The van der Waals surface area contributed by atoms with Crippen LogP contribution in [0.25, 0.3) is 6.08 Å². The van der Waals surface area contributed by atoms with Gasteiger partial charge in [0.05, 0.1) is 17.9 Å². The largest absolute Gasteiger partial charge is 0.508 e. The zero-order valence-electron chi connectivity index (χ0n) is 23.0. The van der Waals surface area contributed by atoms with E-state index in [1.54, 1.807) is 12.1 Å². The fraction of sp³-hybridized carbons (Fsp3) is 0.567. The van der Waals surface area contributed by atoms with Crippen LogP contribution >= 0.6 is 0 Å². The summed E-state index contributed by atoms with van der Waals surface area (Å²) >= 11 is 0. The van der Waals surface area contributed by atoms with Crippen molar-refractivity contribution in [3.8, 4) is 5.75 Å². The molecule has 1 aliphatic carbocycles. The van der Waals surface area contributed by atoms with Crippen LogP contribution in [0.1, 0.15) is 77.2 Å². The molecule has 210 valence electrons. The van der Waals surface area contributed by atoms with E-state index in [-0.39, 0.29) is 36.0 Å². The van der Waals surface area contributed by atoms with Crippen molar-refractivity contribution < 1.29 is 34.3 Å². The molecule has 2 fully saturated rings. The molecule has 0 aromatic heterocycles. The predicted octanol–water partition coefficient (Wildman–Crippen LogP) is 4.82. The van der Waals surface area contributed by atoms with Gasteiger partial charge in [-0.1, -0.05) is 49.1 Å². The maximum absolute atomic E-state index is 13.5. The quantitative estimate of drug-likeness (QED) is 0.151. The lowest BCUT2D eigenvalue weighted by Gasteiger charge is -2.42. The van der Waals surface area contributed by atoms with Gasteiger partial charge in [-0.05, 0) is 81.0 Å². The van der Waals surface area contributed by atoms with Crippen molar-refractivity contribution in [2.24, 2.45) is 17.8 Å². The number of carboxylic acid groups (broad SMARTS) is 1. The maximum atomic E-state index is 13.5. The normalized spacial score (nSPS) is 25.3. The lowest BCUT2D eigenvalue weighted by Crippen LogP contribution is -2.46. The van der Waals surface area contributed by atoms with E-state index in [4.69, 9.17) is 9.76 Å². The maximum Gasteiger partial charge on any atom is 0.455 e. The number of aromatic hydroxyl groups is 1. The predicted molar refractivity (Wildman–Crippen MR) is 148 cm³/mol. The Hall–Kier alpha value is -2.91. The minimum Gasteiger partial charge on any atom is -0.508 e. The Kier molecular flexibility index (Phi) is 9.67. The average Bonchev–Trinajstić information content (AvgIpc) is 3.12. The second-order valence-corrected chi connectivity index (χ2v) is 11.2. The van der Waals surface area contributed by atoms with E-state index in [0.29, 0.717) is 45.0 Å². The molecule has 0 bridgehead atoms. The summed E-state index contributed by atoms with van der Waals surface area (Å²) in [4.78, 5) is 38.9. The Balaban J connectivity index is 1.47. The lowest BCUT2D eigenvalue weighted by atomic mass is 9.58. The molecule has 0 radical (unpaired) electrons. The summed E-state index contributed by atoms with van der Waals surface area (Å²) in [6.07, 6.45) is 7.90. The highest BCUT2D eigenvalue weighted by Gasteiger charge is 2.56. The first-order valence-corrected chi connectivity index (χ1v) is 14.3. The zero-order valence-corrected chi connectivity index (χ0v) is 23.0. The van der Waals surface area contributed by atoms with Gasteiger partial charge in [-0.2, -0.15) is 0 Å². The third-order valence-corrected chi connectivity index (χ3v) is 8.38. The fourth-order valence-electron chi connectivity index (χ4n) is 6.64. The van der Waals surface area contributed by atoms with Crippen LogP contribution in [-0.4, -0.2) is 57.7 Å². The lowest BCUT2D eigenvalue weighted by molar-refractivity contribution is -0.141. The molecule has 0 spiro atoms. The number of carbonyl (C=O) groups excluding carboxylic acids is 2. The van der Waals surface area contributed by atoms with Gasteiger partial charge in [-0.25, -0.2) is 0 Å². The van der Waals surface area contributed by atoms with Crippen LogP contribution in [0.4, 0.5) is 0 Å². The van der Waals surface area contributed by atoms with Gasteiger partial charge >= 0.3 is 13.1 Å². The molecule has 2 aliphatic heterocycles. The van der Waals surface area contributed by atoms with Gasteiger partial charge < -0.3 is 19.9 Å². The summed E-state index contributed by atoms with van der Waals surface area (Å²) in [7, 11) is -0.987. The summed E-state index contributed by atoms with van der Waals surface area (Å²) in [5, 5.41) is 29.1. The zero-order chi connectivity index (χ0) is 28.1. The van der Waals surface area contributed by atoms with Crippen molar-refractivity contribution >= 4 is 31.0 Å². The molecule has 8 nitrogen and oxygen atoms in total. The van der Waals surface area contributed by atoms with Gasteiger partial charge in [0.25, 0.3) is 0 Å². The number of rotatable bonds is 12. The minimum atomic E-state index is -0.987. The number of imide groups is 1. The number of likely N-dealkylation sites (tertiary alicyclic amines) is 1. The van der Waals surface area contributed by atoms with Crippen LogP contribution in [0, 0.1) is 17.8 Å². The summed E-state index contributed by atoms with van der Waals surface area (Å²) in [6, 6.07) is 7.12. The van der Waals surface area contributed by atoms with Gasteiger partial charge in [-0.15, -0.1) is 0 Å². The van der Waals surface area contributed by atoms with Gasteiger partial charge in [-0.3, -0.25) is 19.3 Å². The minimum absolute atomic E-state index is 0.0884. The molecule has 0 saturated carbocycles. The van der Waals surface area contributed by atoms with Gasteiger partial charge in [0.15, 0.2) is 0 Å². The molecule has 3 N–H and O–H groups in total. The molecular formula is C30H40BNO7. The number of unbranched alkanes of at least 4 members (excludes halogenated alkanes) is 2. The Morgan fingerprint density at radius 2 is 1.82 bits per heavy atom. The highest BCUT2D eigenvalue weighted by molar-refractivity contribution is 6.43. The van der Waals surface area contributed by atoms with Crippen LogP contribution in [-0.2, 0) is 19.0 Å². The Labute approximate surface area is 230 Å². The van der Waals surface area contributed by atoms with Crippen molar-refractivity contribution in [2.45, 2.75) is 84.1 Å². The Morgan fingerprint density at radius 1 is 1.08 bits per heavy atom. The number of phenols is 1. The third kappa shape index (κ3) is 6.82. The molecule has 2 amide bonds. The van der Waals surface area contributed by atoms with Crippen LogP contribution in [0.5, 0.6) is 5.75 Å². The van der Waals surface area contributed by atoms with E-state index in [1.165, 1.54) is 10.5 Å². The molecule has 2 heterocycles. The highest BCUT2D eigenvalue weighted by atomic mass is 16.5. The Bertz CT molecular complexity index is 1130. The van der Waals surface area contributed by atoms with E-state index in [9.17, 15) is 24.5 Å². The summed E-state index contributed by atoms with van der Waals surface area (Å²) < 4.78 is 6.05. The van der Waals surface area contributed by atoms with Crippen molar-refractivity contribution in [3.05, 3.63) is 46.5 Å². The molecule has 1 aromatic rings. The van der Waals surface area contributed by atoms with E-state index in [2.05, 4.69) is 13.0 Å². The van der Waals surface area contributed by atoms with Crippen molar-refractivity contribution in [1.29, 1.82) is 0 Å². The van der Waals surface area contributed by atoms with Crippen molar-refractivity contribution in [1.82, 2.24) is 4.90 Å². The molecular weight excluding hydrogens is 497 g/mol. The number of hydrogen-bond donors (Lipinski definition) is 3. The molecule has 0 unspecified atom stereocenters.